The summed E-state index contributed by atoms with van der Waals surface area (Å²) in [4.78, 5) is 0. The van der Waals surface area contributed by atoms with E-state index in [4.69, 9.17) is 2.81 Å². The van der Waals surface area contributed by atoms with Gasteiger partial charge in [0.15, 0.2) is 0 Å². The molecule has 0 aromatic carbocycles. The van der Waals surface area contributed by atoms with Gasteiger partial charge in [-0.05, 0) is 0 Å². The number of allylic oxidation sites excluding steroid dienone is 4. The number of hydrogen-bond acceptors (Lipinski definition) is 1. The second-order valence-corrected chi connectivity index (χ2v) is 7.34. The van der Waals surface area contributed by atoms with Crippen LogP contribution in [0.25, 0.3) is 0 Å². The van der Waals surface area contributed by atoms with Crippen LogP contribution in [0.1, 0.15) is 13.3 Å². The van der Waals surface area contributed by atoms with Crippen LogP contribution in [0.3, 0.4) is 0 Å². The average molecular weight is 216 g/mol. The molecule has 10 heavy (non-hydrogen) atoms. The second kappa shape index (κ2) is 4.25. The van der Waals surface area contributed by atoms with Crippen molar-refractivity contribution in [3.63, 3.8) is 0 Å². The Hall–Kier alpha value is 0.323. The van der Waals surface area contributed by atoms with Crippen molar-refractivity contribution in [2.24, 2.45) is 0 Å². The van der Waals surface area contributed by atoms with Crippen molar-refractivity contribution in [2.45, 2.75) is 18.0 Å². The average Bonchev–Trinajstić information content (AvgIpc) is 2.38. The molecular formula is C8H13OZr. The molecule has 2 heteroatoms. The third-order valence-electron chi connectivity index (χ3n) is 1.58. The van der Waals surface area contributed by atoms with Gasteiger partial charge in [0, 0.05) is 0 Å². The maximum atomic E-state index is 5.61. The van der Waals surface area contributed by atoms with E-state index in [0.717, 1.165) is 13.0 Å². The molecule has 0 aliphatic heterocycles. The van der Waals surface area contributed by atoms with Crippen molar-refractivity contribution in [1.82, 2.24) is 0 Å². The molecule has 0 amide bonds. The summed E-state index contributed by atoms with van der Waals surface area (Å²) < 4.78 is 9.50. The van der Waals surface area contributed by atoms with Gasteiger partial charge in [0.2, 0.25) is 0 Å². The summed E-state index contributed by atoms with van der Waals surface area (Å²) >= 11 is -1.48. The quantitative estimate of drug-likeness (QED) is 0.704. The molecule has 0 atom stereocenters. The summed E-state index contributed by atoms with van der Waals surface area (Å²) in [6, 6.07) is 0. The molecule has 1 aliphatic rings. The van der Waals surface area contributed by atoms with Crippen LogP contribution in [0.2, 0.25) is 4.63 Å². The van der Waals surface area contributed by atoms with E-state index in [-0.39, 0.29) is 0 Å². The van der Waals surface area contributed by atoms with Gasteiger partial charge in [-0.1, -0.05) is 0 Å². The molecule has 0 fully saturated rings. The fourth-order valence-corrected chi connectivity index (χ4v) is 4.35. The van der Waals surface area contributed by atoms with Crippen molar-refractivity contribution in [3.8, 4) is 0 Å². The van der Waals surface area contributed by atoms with Crippen molar-refractivity contribution < 1.29 is 25.0 Å². The molecule has 1 nitrogen and oxygen atoms in total. The Morgan fingerprint density at radius 2 is 2.50 bits per heavy atom. The molecule has 0 spiro atoms. The first kappa shape index (κ1) is 8.42. The summed E-state index contributed by atoms with van der Waals surface area (Å²) in [5.41, 5.74) is 0. The molecule has 0 saturated heterocycles. The van der Waals surface area contributed by atoms with Crippen LogP contribution >= 0.6 is 0 Å². The molecule has 0 radical (unpaired) electrons. The van der Waals surface area contributed by atoms with Gasteiger partial charge in [-0.3, -0.25) is 0 Å². The molecule has 0 bridgehead atoms. The van der Waals surface area contributed by atoms with E-state index in [9.17, 15) is 0 Å². The Balaban J connectivity index is 2.35. The predicted octanol–water partition coefficient (Wildman–Crippen LogP) is 2.45. The van der Waals surface area contributed by atoms with Gasteiger partial charge in [0.05, 0.1) is 0 Å². The van der Waals surface area contributed by atoms with Gasteiger partial charge in [-0.25, -0.2) is 0 Å². The summed E-state index contributed by atoms with van der Waals surface area (Å²) in [6.07, 6.45) is 7.73. The predicted molar refractivity (Wildman–Crippen MR) is 39.3 cm³/mol. The fourth-order valence-electron chi connectivity index (χ4n) is 1.02. The third-order valence-corrected chi connectivity index (χ3v) is 6.49. The van der Waals surface area contributed by atoms with E-state index >= 15 is 0 Å². The van der Waals surface area contributed by atoms with E-state index < -0.39 is 22.2 Å². The number of rotatable bonds is 3. The Kier molecular flexibility index (Phi) is 3.58. The summed E-state index contributed by atoms with van der Waals surface area (Å²) in [5.74, 6) is 0. The van der Waals surface area contributed by atoms with Gasteiger partial charge in [-0.2, -0.15) is 0 Å². The zero-order valence-electron chi connectivity index (χ0n) is 6.55. The van der Waals surface area contributed by atoms with Gasteiger partial charge in [-0.15, -0.1) is 0 Å². The molecule has 0 aromatic rings. The molecule has 0 aromatic heterocycles. The van der Waals surface area contributed by atoms with Gasteiger partial charge >= 0.3 is 71.1 Å². The van der Waals surface area contributed by atoms with Gasteiger partial charge in [0.1, 0.15) is 0 Å². The standard InChI is InChI=1S/C5H5.C2H5O.CH3.Zr/c1-2-4-5-3-1;1-2-3;;/h1-3H,4H2;2H2,1H3;1H3;/q;-1;;+1. The normalized spacial score (nSPS) is 15.6. The van der Waals surface area contributed by atoms with Crippen molar-refractivity contribution in [1.29, 1.82) is 0 Å². The van der Waals surface area contributed by atoms with Crippen molar-refractivity contribution >= 4 is 0 Å². The topological polar surface area (TPSA) is 9.23 Å². The maximum absolute atomic E-state index is 5.61. The van der Waals surface area contributed by atoms with Crippen LogP contribution in [-0.2, 0) is 25.0 Å². The van der Waals surface area contributed by atoms with Crippen molar-refractivity contribution in [2.75, 3.05) is 6.61 Å². The Morgan fingerprint density at radius 3 is 3.00 bits per heavy atom. The Labute approximate surface area is 71.1 Å². The molecule has 0 unspecified atom stereocenters. The van der Waals surface area contributed by atoms with Crippen LogP contribution in [0, 0.1) is 0 Å². The number of hydrogen-bond donors (Lipinski definition) is 0. The first-order valence-electron chi connectivity index (χ1n) is 3.67. The molecule has 1 rings (SSSR count). The summed E-state index contributed by atoms with van der Waals surface area (Å²) in [6.45, 7) is 2.97. The van der Waals surface area contributed by atoms with E-state index in [1.54, 1.807) is 3.28 Å². The van der Waals surface area contributed by atoms with Gasteiger partial charge < -0.3 is 0 Å². The molecule has 0 N–H and O–H groups in total. The van der Waals surface area contributed by atoms with Gasteiger partial charge in [0.25, 0.3) is 0 Å². The van der Waals surface area contributed by atoms with E-state index in [1.807, 2.05) is 0 Å². The zero-order valence-corrected chi connectivity index (χ0v) is 9.01. The van der Waals surface area contributed by atoms with Crippen LogP contribution in [-0.4, -0.2) is 6.61 Å². The van der Waals surface area contributed by atoms with Crippen molar-refractivity contribution in [3.05, 3.63) is 21.5 Å². The third kappa shape index (κ3) is 2.18. The van der Waals surface area contributed by atoms with Crippen LogP contribution in [0.15, 0.2) is 21.5 Å². The molecule has 55 valence electrons. The second-order valence-electron chi connectivity index (χ2n) is 2.31. The Bertz CT molecular complexity index is 161. The minimum atomic E-state index is -1.48. The molecule has 0 heterocycles. The molecular weight excluding hydrogens is 203 g/mol. The summed E-state index contributed by atoms with van der Waals surface area (Å²) in [7, 11) is 0. The van der Waals surface area contributed by atoms with Crippen LogP contribution in [0.5, 0.6) is 0 Å². The van der Waals surface area contributed by atoms with E-state index in [1.165, 1.54) is 0 Å². The van der Waals surface area contributed by atoms with E-state index in [0.29, 0.717) is 0 Å². The first-order valence-corrected chi connectivity index (χ1v) is 8.36. The molecule has 0 saturated carbocycles. The SMILES string of the molecule is CC[O][Zr]([CH3])[C]1=CC=CC1. The molecule has 1 aliphatic carbocycles. The fraction of sp³-hybridized carbons (Fsp3) is 0.500. The van der Waals surface area contributed by atoms with E-state index in [2.05, 4.69) is 29.8 Å². The zero-order chi connectivity index (χ0) is 7.40. The minimum absolute atomic E-state index is 0.891. The van der Waals surface area contributed by atoms with Crippen LogP contribution < -0.4 is 0 Å². The van der Waals surface area contributed by atoms with Crippen LogP contribution in [0.4, 0.5) is 0 Å². The monoisotopic (exact) mass is 215 g/mol. The first-order chi connectivity index (χ1) is 4.84. The summed E-state index contributed by atoms with van der Waals surface area (Å²) in [5, 5.41) is 0. The Morgan fingerprint density at radius 1 is 1.70 bits per heavy atom.